The fraction of sp³-hybridized carbons (Fsp3) is 0.350. The van der Waals surface area contributed by atoms with Crippen molar-refractivity contribution < 1.29 is 31.1 Å². The number of nitrogens with zero attached hydrogens (tertiary/aromatic N) is 1. The van der Waals surface area contributed by atoms with Gasteiger partial charge in [-0.05, 0) is 49.4 Å². The molecule has 0 spiro atoms. The van der Waals surface area contributed by atoms with E-state index in [-0.39, 0.29) is 41.6 Å². The van der Waals surface area contributed by atoms with Gasteiger partial charge in [-0.2, -0.15) is 17.5 Å². The van der Waals surface area contributed by atoms with Gasteiger partial charge < -0.3 is 10.1 Å². The number of hydrogen-bond acceptors (Lipinski definition) is 4. The van der Waals surface area contributed by atoms with Crippen LogP contribution >= 0.6 is 0 Å². The molecule has 0 aromatic heterocycles. The Morgan fingerprint density at radius 2 is 1.63 bits per heavy atom. The van der Waals surface area contributed by atoms with Gasteiger partial charge in [-0.15, -0.1) is 0 Å². The summed E-state index contributed by atoms with van der Waals surface area (Å²) in [6, 6.07) is 7.91. The monoisotopic (exact) mass is 444 g/mol. The van der Waals surface area contributed by atoms with E-state index in [0.29, 0.717) is 0 Å². The van der Waals surface area contributed by atoms with E-state index in [1.54, 1.807) is 20.8 Å². The van der Waals surface area contributed by atoms with E-state index in [1.165, 1.54) is 22.5 Å². The lowest BCUT2D eigenvalue weighted by atomic mass is 10.1. The molecule has 0 atom stereocenters. The summed E-state index contributed by atoms with van der Waals surface area (Å²) >= 11 is 0. The average Bonchev–Trinajstić information content (AvgIpc) is 2.69. The standard InChI is InChI=1S/C20H23F3N2O4S/c1-4-25(5-2)30(27,28)18-13-16(11-12-17(18)29-6-3)24-19(26)14-7-9-15(10-8-14)20(21,22)23/h7-13H,4-6H2,1-3H3,(H,24,26). The van der Waals surface area contributed by atoms with Gasteiger partial charge in [-0.1, -0.05) is 13.8 Å². The highest BCUT2D eigenvalue weighted by atomic mass is 32.2. The zero-order valence-electron chi connectivity index (χ0n) is 16.8. The van der Waals surface area contributed by atoms with Gasteiger partial charge >= 0.3 is 6.18 Å². The predicted octanol–water partition coefficient (Wildman–Crippen LogP) is 4.39. The molecule has 0 aliphatic rings. The van der Waals surface area contributed by atoms with Gasteiger partial charge in [-0.25, -0.2) is 8.42 Å². The topological polar surface area (TPSA) is 75.7 Å². The molecular weight excluding hydrogens is 421 g/mol. The normalized spacial score (nSPS) is 12.1. The number of anilines is 1. The van der Waals surface area contributed by atoms with Crippen LogP contribution in [0.2, 0.25) is 0 Å². The van der Waals surface area contributed by atoms with Crippen LogP contribution in [-0.4, -0.2) is 38.3 Å². The summed E-state index contributed by atoms with van der Waals surface area (Å²) in [5.41, 5.74) is -0.688. The van der Waals surface area contributed by atoms with Crippen LogP contribution in [0.5, 0.6) is 5.75 Å². The lowest BCUT2D eigenvalue weighted by Crippen LogP contribution is -2.31. The minimum atomic E-state index is -4.50. The van der Waals surface area contributed by atoms with Gasteiger partial charge in [0, 0.05) is 24.3 Å². The first-order valence-electron chi connectivity index (χ1n) is 9.30. The second-order valence-electron chi connectivity index (χ2n) is 6.21. The van der Waals surface area contributed by atoms with Crippen molar-refractivity contribution >= 4 is 21.6 Å². The first kappa shape index (κ1) is 23.7. The van der Waals surface area contributed by atoms with Crippen LogP contribution in [0.1, 0.15) is 36.7 Å². The SMILES string of the molecule is CCOc1ccc(NC(=O)c2ccc(C(F)(F)F)cc2)cc1S(=O)(=O)N(CC)CC. The second-order valence-corrected chi connectivity index (χ2v) is 8.12. The number of ether oxygens (including phenoxy) is 1. The predicted molar refractivity (Wildman–Crippen MR) is 107 cm³/mol. The summed E-state index contributed by atoms with van der Waals surface area (Å²) < 4.78 is 70.6. The van der Waals surface area contributed by atoms with Crippen molar-refractivity contribution in [2.45, 2.75) is 31.8 Å². The van der Waals surface area contributed by atoms with Crippen molar-refractivity contribution in [2.24, 2.45) is 0 Å². The molecule has 0 unspecified atom stereocenters. The van der Waals surface area contributed by atoms with E-state index in [0.717, 1.165) is 24.3 Å². The third kappa shape index (κ3) is 5.31. The van der Waals surface area contributed by atoms with Crippen LogP contribution in [0.3, 0.4) is 0 Å². The molecule has 0 bridgehead atoms. The fourth-order valence-electron chi connectivity index (χ4n) is 2.78. The lowest BCUT2D eigenvalue weighted by molar-refractivity contribution is -0.137. The Morgan fingerprint density at radius 3 is 2.13 bits per heavy atom. The van der Waals surface area contributed by atoms with Crippen LogP contribution in [0.25, 0.3) is 0 Å². The summed E-state index contributed by atoms with van der Waals surface area (Å²) in [7, 11) is -3.87. The molecule has 0 aliphatic heterocycles. The molecule has 6 nitrogen and oxygen atoms in total. The Bertz CT molecular complexity index is 986. The van der Waals surface area contributed by atoms with Gasteiger partial charge in [-0.3, -0.25) is 4.79 Å². The highest BCUT2D eigenvalue weighted by Gasteiger charge is 2.30. The van der Waals surface area contributed by atoms with E-state index >= 15 is 0 Å². The van der Waals surface area contributed by atoms with E-state index in [2.05, 4.69) is 5.32 Å². The molecule has 1 N–H and O–H groups in total. The van der Waals surface area contributed by atoms with Crippen LogP contribution in [0, 0.1) is 0 Å². The molecule has 0 heterocycles. The quantitative estimate of drug-likeness (QED) is 0.655. The minimum absolute atomic E-state index is 0.00466. The zero-order valence-corrected chi connectivity index (χ0v) is 17.6. The Labute approximate surface area is 173 Å². The number of rotatable bonds is 8. The number of sulfonamides is 1. The fourth-order valence-corrected chi connectivity index (χ4v) is 4.39. The maximum absolute atomic E-state index is 13.0. The molecule has 10 heteroatoms. The van der Waals surface area contributed by atoms with Crippen molar-refractivity contribution in [1.82, 2.24) is 4.31 Å². The van der Waals surface area contributed by atoms with Gasteiger partial charge in [0.15, 0.2) is 0 Å². The molecule has 2 aromatic carbocycles. The molecule has 2 rings (SSSR count). The number of amides is 1. The third-order valence-electron chi connectivity index (χ3n) is 4.30. The minimum Gasteiger partial charge on any atom is -0.492 e. The number of nitrogens with one attached hydrogen (secondary N) is 1. The first-order valence-corrected chi connectivity index (χ1v) is 10.7. The highest BCUT2D eigenvalue weighted by Crippen LogP contribution is 2.31. The van der Waals surface area contributed by atoms with Crippen LogP contribution in [-0.2, 0) is 16.2 Å². The molecule has 0 aliphatic carbocycles. The van der Waals surface area contributed by atoms with E-state index in [9.17, 15) is 26.4 Å². The van der Waals surface area contributed by atoms with Crippen molar-refractivity contribution in [2.75, 3.05) is 25.0 Å². The molecule has 0 saturated carbocycles. The van der Waals surface area contributed by atoms with Crippen molar-refractivity contribution in [3.63, 3.8) is 0 Å². The van der Waals surface area contributed by atoms with E-state index < -0.39 is 27.7 Å². The molecule has 0 radical (unpaired) electrons. The molecule has 164 valence electrons. The Kier molecular flexibility index (Phi) is 7.49. The molecule has 1 amide bonds. The maximum Gasteiger partial charge on any atom is 0.416 e. The van der Waals surface area contributed by atoms with Crippen LogP contribution in [0.15, 0.2) is 47.4 Å². The maximum atomic E-state index is 13.0. The number of hydrogen-bond donors (Lipinski definition) is 1. The zero-order chi connectivity index (χ0) is 22.5. The number of carbonyl (C=O) groups excluding carboxylic acids is 1. The summed E-state index contributed by atoms with van der Waals surface area (Å²) in [5.74, 6) is -0.518. The molecule has 2 aromatic rings. The molecular formula is C20H23F3N2O4S. The number of halogens is 3. The molecule has 0 saturated heterocycles. The van der Waals surface area contributed by atoms with Crippen LogP contribution < -0.4 is 10.1 Å². The van der Waals surface area contributed by atoms with Gasteiger partial charge in [0.2, 0.25) is 10.0 Å². The smallest absolute Gasteiger partial charge is 0.416 e. The lowest BCUT2D eigenvalue weighted by Gasteiger charge is -2.21. The van der Waals surface area contributed by atoms with Crippen molar-refractivity contribution in [1.29, 1.82) is 0 Å². The number of benzene rings is 2. The van der Waals surface area contributed by atoms with Crippen LogP contribution in [0.4, 0.5) is 18.9 Å². The summed E-state index contributed by atoms with van der Waals surface area (Å²) in [4.78, 5) is 12.3. The first-order chi connectivity index (χ1) is 14.0. The van der Waals surface area contributed by atoms with E-state index in [1.807, 2.05) is 0 Å². The second kappa shape index (κ2) is 9.48. The summed E-state index contributed by atoms with van der Waals surface area (Å²) in [6.45, 7) is 5.89. The molecule has 30 heavy (non-hydrogen) atoms. The van der Waals surface area contributed by atoms with Crippen molar-refractivity contribution in [3.05, 3.63) is 53.6 Å². The van der Waals surface area contributed by atoms with Gasteiger partial charge in [0.05, 0.1) is 12.2 Å². The average molecular weight is 444 g/mol. The van der Waals surface area contributed by atoms with E-state index in [4.69, 9.17) is 4.74 Å². The largest absolute Gasteiger partial charge is 0.492 e. The van der Waals surface area contributed by atoms with Crippen molar-refractivity contribution in [3.8, 4) is 5.75 Å². The summed E-state index contributed by atoms with van der Waals surface area (Å²) in [6.07, 6.45) is -4.50. The Balaban J connectivity index is 2.35. The number of alkyl halides is 3. The molecule has 0 fully saturated rings. The summed E-state index contributed by atoms with van der Waals surface area (Å²) in [5, 5.41) is 2.51. The number of carbonyl (C=O) groups is 1. The third-order valence-corrected chi connectivity index (χ3v) is 6.37. The Morgan fingerprint density at radius 1 is 1.03 bits per heavy atom. The Hall–Kier alpha value is -2.59. The highest BCUT2D eigenvalue weighted by molar-refractivity contribution is 7.89. The van der Waals surface area contributed by atoms with Gasteiger partial charge in [0.1, 0.15) is 10.6 Å². The van der Waals surface area contributed by atoms with Gasteiger partial charge in [0.25, 0.3) is 5.91 Å².